The summed E-state index contributed by atoms with van der Waals surface area (Å²) in [5.41, 5.74) is 0.364. The van der Waals surface area contributed by atoms with Crippen LogP contribution in [0.2, 0.25) is 0 Å². The van der Waals surface area contributed by atoms with Gasteiger partial charge in [0.05, 0.1) is 11.8 Å². The molecule has 1 aliphatic carbocycles. The monoisotopic (exact) mass is 234 g/mol. The maximum absolute atomic E-state index is 12.3. The number of pyridine rings is 1. The summed E-state index contributed by atoms with van der Waals surface area (Å²) < 4.78 is 0. The zero-order valence-electron chi connectivity index (χ0n) is 10.1. The van der Waals surface area contributed by atoms with Gasteiger partial charge in [0.2, 0.25) is 0 Å². The van der Waals surface area contributed by atoms with Gasteiger partial charge in [0.1, 0.15) is 5.75 Å². The van der Waals surface area contributed by atoms with Crippen molar-refractivity contribution in [1.82, 2.24) is 9.88 Å². The van der Waals surface area contributed by atoms with E-state index in [4.69, 9.17) is 0 Å². The van der Waals surface area contributed by atoms with E-state index in [0.29, 0.717) is 11.6 Å². The summed E-state index contributed by atoms with van der Waals surface area (Å²) in [5, 5.41) is 9.65. The second-order valence-corrected chi connectivity index (χ2v) is 4.48. The van der Waals surface area contributed by atoms with Crippen molar-refractivity contribution in [2.45, 2.75) is 38.6 Å². The molecule has 0 aromatic carbocycles. The number of nitrogens with zero attached hydrogens (tertiary/aromatic N) is 2. The Balaban J connectivity index is 2.13. The van der Waals surface area contributed by atoms with Gasteiger partial charge >= 0.3 is 0 Å². The van der Waals surface area contributed by atoms with Crippen molar-refractivity contribution in [2.75, 3.05) is 6.54 Å². The number of aromatic nitrogens is 1. The van der Waals surface area contributed by atoms with E-state index in [1.807, 2.05) is 4.90 Å². The van der Waals surface area contributed by atoms with Crippen LogP contribution in [0.5, 0.6) is 5.75 Å². The zero-order chi connectivity index (χ0) is 12.3. The van der Waals surface area contributed by atoms with Crippen molar-refractivity contribution in [2.24, 2.45) is 0 Å². The fraction of sp³-hybridized carbons (Fsp3) is 0.538. The van der Waals surface area contributed by atoms with Crippen LogP contribution < -0.4 is 0 Å². The van der Waals surface area contributed by atoms with Crippen LogP contribution in [-0.4, -0.2) is 33.5 Å². The first kappa shape index (κ1) is 11.9. The van der Waals surface area contributed by atoms with Crippen LogP contribution in [0.1, 0.15) is 43.0 Å². The summed E-state index contributed by atoms with van der Waals surface area (Å²) in [7, 11) is 0. The topological polar surface area (TPSA) is 53.4 Å². The maximum Gasteiger partial charge on any atom is 0.257 e. The lowest BCUT2D eigenvalue weighted by atomic mass is 10.2. The molecule has 0 unspecified atom stereocenters. The largest absolute Gasteiger partial charge is 0.505 e. The Kier molecular flexibility index (Phi) is 3.61. The van der Waals surface area contributed by atoms with Crippen molar-refractivity contribution in [3.8, 4) is 5.75 Å². The summed E-state index contributed by atoms with van der Waals surface area (Å²) in [6, 6.07) is 1.96. The Morgan fingerprint density at radius 1 is 1.59 bits per heavy atom. The molecule has 1 heterocycles. The molecule has 1 aromatic heterocycles. The number of unbranched alkanes of at least 4 members (excludes halogenated alkanes) is 1. The Morgan fingerprint density at radius 2 is 2.35 bits per heavy atom. The predicted molar refractivity (Wildman–Crippen MR) is 64.9 cm³/mol. The van der Waals surface area contributed by atoms with Gasteiger partial charge < -0.3 is 10.0 Å². The lowest BCUT2D eigenvalue weighted by Crippen LogP contribution is -2.34. The first-order valence-corrected chi connectivity index (χ1v) is 6.18. The Labute approximate surface area is 101 Å². The fourth-order valence-electron chi connectivity index (χ4n) is 1.89. The summed E-state index contributed by atoms with van der Waals surface area (Å²) in [6.45, 7) is 2.89. The zero-order valence-corrected chi connectivity index (χ0v) is 10.1. The van der Waals surface area contributed by atoms with Crippen LogP contribution in [0.4, 0.5) is 0 Å². The van der Waals surface area contributed by atoms with Gasteiger partial charge in [0.25, 0.3) is 5.91 Å². The van der Waals surface area contributed by atoms with Crippen molar-refractivity contribution in [3.05, 3.63) is 24.0 Å². The van der Waals surface area contributed by atoms with Gasteiger partial charge in [-0.2, -0.15) is 0 Å². The van der Waals surface area contributed by atoms with E-state index in [9.17, 15) is 9.90 Å². The molecule has 4 nitrogen and oxygen atoms in total. The van der Waals surface area contributed by atoms with E-state index in [2.05, 4.69) is 11.9 Å². The lowest BCUT2D eigenvalue weighted by molar-refractivity contribution is 0.0737. The van der Waals surface area contributed by atoms with E-state index in [1.54, 1.807) is 6.07 Å². The first-order chi connectivity index (χ1) is 8.24. The van der Waals surface area contributed by atoms with Crippen LogP contribution in [-0.2, 0) is 0 Å². The number of carbonyl (C=O) groups excluding carboxylic acids is 1. The number of aromatic hydroxyl groups is 1. The Bertz CT molecular complexity index is 402. The molecular weight excluding hydrogens is 216 g/mol. The van der Waals surface area contributed by atoms with E-state index < -0.39 is 0 Å². The minimum atomic E-state index is -0.0687. The highest BCUT2D eigenvalue weighted by Crippen LogP contribution is 2.30. The standard InChI is InChI=1S/C13H18N2O2/c1-2-3-8-15(10-4-5-10)13(17)11-6-7-14-9-12(11)16/h6-7,9-10,16H,2-5,8H2,1H3. The summed E-state index contributed by atoms with van der Waals surface area (Å²) in [6.07, 6.45) is 7.10. The average Bonchev–Trinajstić information content (AvgIpc) is 3.14. The third-order valence-electron chi connectivity index (χ3n) is 3.03. The minimum Gasteiger partial charge on any atom is -0.505 e. The fourth-order valence-corrected chi connectivity index (χ4v) is 1.89. The third kappa shape index (κ3) is 2.75. The molecule has 1 amide bonds. The van der Waals surface area contributed by atoms with E-state index in [0.717, 1.165) is 32.2 Å². The molecule has 1 saturated carbocycles. The molecule has 0 spiro atoms. The molecular formula is C13H18N2O2. The van der Waals surface area contributed by atoms with Crippen LogP contribution in [0.3, 0.4) is 0 Å². The van der Waals surface area contributed by atoms with Gasteiger partial charge in [-0.25, -0.2) is 0 Å². The predicted octanol–water partition coefficient (Wildman–Crippen LogP) is 2.19. The van der Waals surface area contributed by atoms with Gasteiger partial charge in [-0.05, 0) is 25.3 Å². The van der Waals surface area contributed by atoms with Crippen molar-refractivity contribution in [3.63, 3.8) is 0 Å². The number of hydrogen-bond acceptors (Lipinski definition) is 3. The molecule has 0 aliphatic heterocycles. The van der Waals surface area contributed by atoms with Crippen LogP contribution in [0.25, 0.3) is 0 Å². The normalized spacial score (nSPS) is 14.6. The number of amides is 1. The number of carbonyl (C=O) groups is 1. The quantitative estimate of drug-likeness (QED) is 0.849. The Morgan fingerprint density at radius 3 is 2.94 bits per heavy atom. The van der Waals surface area contributed by atoms with E-state index in [-0.39, 0.29) is 11.7 Å². The molecule has 92 valence electrons. The molecule has 4 heteroatoms. The average molecular weight is 234 g/mol. The molecule has 17 heavy (non-hydrogen) atoms. The van der Waals surface area contributed by atoms with Crippen molar-refractivity contribution >= 4 is 5.91 Å². The summed E-state index contributed by atoms with van der Waals surface area (Å²) >= 11 is 0. The highest BCUT2D eigenvalue weighted by atomic mass is 16.3. The molecule has 0 atom stereocenters. The van der Waals surface area contributed by atoms with Crippen LogP contribution in [0.15, 0.2) is 18.5 Å². The van der Waals surface area contributed by atoms with Gasteiger partial charge in [0.15, 0.2) is 0 Å². The highest BCUT2D eigenvalue weighted by Gasteiger charge is 2.33. The lowest BCUT2D eigenvalue weighted by Gasteiger charge is -2.22. The smallest absolute Gasteiger partial charge is 0.257 e. The van der Waals surface area contributed by atoms with Gasteiger partial charge in [-0.3, -0.25) is 9.78 Å². The SMILES string of the molecule is CCCCN(C(=O)c1ccncc1O)C1CC1. The molecule has 1 N–H and O–H groups in total. The first-order valence-electron chi connectivity index (χ1n) is 6.18. The van der Waals surface area contributed by atoms with Crippen molar-refractivity contribution < 1.29 is 9.90 Å². The second kappa shape index (κ2) is 5.17. The van der Waals surface area contributed by atoms with Crippen molar-refractivity contribution in [1.29, 1.82) is 0 Å². The minimum absolute atomic E-state index is 0.0281. The molecule has 0 radical (unpaired) electrons. The molecule has 0 bridgehead atoms. The molecule has 0 saturated heterocycles. The van der Waals surface area contributed by atoms with Crippen LogP contribution in [0, 0.1) is 0 Å². The molecule has 1 fully saturated rings. The number of rotatable bonds is 5. The van der Waals surface area contributed by atoms with E-state index >= 15 is 0 Å². The number of hydrogen-bond donors (Lipinski definition) is 1. The second-order valence-electron chi connectivity index (χ2n) is 4.48. The maximum atomic E-state index is 12.3. The van der Waals surface area contributed by atoms with Gasteiger partial charge in [-0.15, -0.1) is 0 Å². The van der Waals surface area contributed by atoms with Gasteiger partial charge in [-0.1, -0.05) is 13.3 Å². The third-order valence-corrected chi connectivity index (χ3v) is 3.03. The highest BCUT2D eigenvalue weighted by molar-refractivity contribution is 5.97. The molecule has 1 aromatic rings. The summed E-state index contributed by atoms with van der Waals surface area (Å²) in [5.74, 6) is -0.0968. The Hall–Kier alpha value is -1.58. The van der Waals surface area contributed by atoms with Gasteiger partial charge in [0, 0.05) is 18.8 Å². The molecule has 1 aliphatic rings. The van der Waals surface area contributed by atoms with Crippen LogP contribution >= 0.6 is 0 Å². The molecule has 2 rings (SSSR count). The summed E-state index contributed by atoms with van der Waals surface area (Å²) in [4.78, 5) is 18.0. The van der Waals surface area contributed by atoms with E-state index in [1.165, 1.54) is 12.4 Å².